The topological polar surface area (TPSA) is 84.2 Å². The van der Waals surface area contributed by atoms with Gasteiger partial charge in [0, 0.05) is 19.0 Å². The van der Waals surface area contributed by atoms with Gasteiger partial charge in [0.15, 0.2) is 0 Å². The average Bonchev–Trinajstić information content (AvgIpc) is 2.48. The number of nitrogens with one attached hydrogen (secondary N) is 2. The van der Waals surface area contributed by atoms with Crippen molar-refractivity contribution in [3.8, 4) is 0 Å². The number of nitrogens with two attached hydrogens (primary N) is 1. The van der Waals surface area contributed by atoms with Gasteiger partial charge in [-0.25, -0.2) is 0 Å². The minimum absolute atomic E-state index is 0. The molecule has 2 rings (SSSR count). The van der Waals surface area contributed by atoms with Crippen LogP contribution in [0.15, 0.2) is 18.2 Å². The smallest absolute Gasteiger partial charge is 0.253 e. The van der Waals surface area contributed by atoms with E-state index in [0.29, 0.717) is 17.7 Å². The van der Waals surface area contributed by atoms with E-state index < -0.39 is 0 Å². The maximum absolute atomic E-state index is 12.4. The van der Waals surface area contributed by atoms with Crippen LogP contribution in [0.3, 0.4) is 0 Å². The Kier molecular flexibility index (Phi) is 6.84. The Balaban J connectivity index is 0.00000242. The number of carbonyl (C=O) groups excluding carboxylic acids is 2. The lowest BCUT2D eigenvalue weighted by atomic mass is 9.85. The van der Waals surface area contributed by atoms with E-state index >= 15 is 0 Å². The molecule has 1 fully saturated rings. The van der Waals surface area contributed by atoms with Crippen LogP contribution in [0.2, 0.25) is 0 Å². The van der Waals surface area contributed by atoms with E-state index in [4.69, 9.17) is 5.73 Å². The summed E-state index contributed by atoms with van der Waals surface area (Å²) in [5, 5.41) is 5.49. The van der Waals surface area contributed by atoms with Gasteiger partial charge in [-0.05, 0) is 38.3 Å². The quantitative estimate of drug-likeness (QED) is 0.796. The largest absolute Gasteiger partial charge is 0.355 e. The molecule has 22 heavy (non-hydrogen) atoms. The molecule has 0 bridgehead atoms. The summed E-state index contributed by atoms with van der Waals surface area (Å²) in [6, 6.07) is 5.54. The summed E-state index contributed by atoms with van der Waals surface area (Å²) in [6.45, 7) is 1.91. The SMILES string of the molecule is CNC(=O)c1cc(C)ccc1NC(=O)C1CCCC(N)C1.Cl. The van der Waals surface area contributed by atoms with Crippen molar-refractivity contribution in [2.45, 2.75) is 38.6 Å². The average molecular weight is 326 g/mol. The minimum atomic E-state index is -0.200. The van der Waals surface area contributed by atoms with E-state index in [1.165, 1.54) is 0 Å². The molecule has 0 heterocycles. The lowest BCUT2D eigenvalue weighted by molar-refractivity contribution is -0.120. The highest BCUT2D eigenvalue weighted by atomic mass is 35.5. The molecule has 1 aromatic carbocycles. The Morgan fingerprint density at radius 1 is 1.27 bits per heavy atom. The Labute approximate surface area is 137 Å². The fourth-order valence-electron chi connectivity index (χ4n) is 2.79. The van der Waals surface area contributed by atoms with Crippen molar-refractivity contribution in [1.82, 2.24) is 5.32 Å². The van der Waals surface area contributed by atoms with Gasteiger partial charge < -0.3 is 16.4 Å². The predicted octanol–water partition coefficient (Wildman–Crippen LogP) is 2.23. The summed E-state index contributed by atoms with van der Waals surface area (Å²) in [7, 11) is 1.58. The van der Waals surface area contributed by atoms with Gasteiger partial charge in [0.2, 0.25) is 5.91 Å². The molecule has 0 saturated heterocycles. The van der Waals surface area contributed by atoms with Crippen molar-refractivity contribution in [2.75, 3.05) is 12.4 Å². The van der Waals surface area contributed by atoms with Gasteiger partial charge in [0.05, 0.1) is 11.3 Å². The number of hydrogen-bond acceptors (Lipinski definition) is 3. The van der Waals surface area contributed by atoms with E-state index in [0.717, 1.165) is 24.8 Å². The van der Waals surface area contributed by atoms with Gasteiger partial charge >= 0.3 is 0 Å². The Morgan fingerprint density at radius 3 is 2.64 bits per heavy atom. The van der Waals surface area contributed by atoms with Gasteiger partial charge in [0.25, 0.3) is 5.91 Å². The summed E-state index contributed by atoms with van der Waals surface area (Å²) in [5.74, 6) is -0.305. The number of rotatable bonds is 3. The molecule has 0 aromatic heterocycles. The number of halogens is 1. The fourth-order valence-corrected chi connectivity index (χ4v) is 2.79. The highest BCUT2D eigenvalue weighted by Crippen LogP contribution is 2.25. The lowest BCUT2D eigenvalue weighted by Gasteiger charge is -2.26. The van der Waals surface area contributed by atoms with E-state index in [9.17, 15) is 9.59 Å². The summed E-state index contributed by atoms with van der Waals surface area (Å²) < 4.78 is 0. The normalized spacial score (nSPS) is 20.7. The molecule has 2 atom stereocenters. The molecule has 1 aliphatic carbocycles. The second-order valence-corrected chi connectivity index (χ2v) is 5.74. The molecule has 2 amide bonds. The summed E-state index contributed by atoms with van der Waals surface area (Å²) in [4.78, 5) is 24.3. The molecular weight excluding hydrogens is 302 g/mol. The van der Waals surface area contributed by atoms with Crippen LogP contribution < -0.4 is 16.4 Å². The van der Waals surface area contributed by atoms with Crippen LogP contribution in [0.4, 0.5) is 5.69 Å². The third-order valence-electron chi connectivity index (χ3n) is 3.99. The standard InChI is InChI=1S/C16H23N3O2.ClH/c1-10-6-7-14(13(8-10)16(21)18-2)19-15(20)11-4-3-5-12(17)9-11;/h6-8,11-12H,3-5,9,17H2,1-2H3,(H,18,21)(H,19,20);1H. The zero-order chi connectivity index (χ0) is 15.4. The van der Waals surface area contributed by atoms with Crippen molar-refractivity contribution < 1.29 is 9.59 Å². The first-order chi connectivity index (χ1) is 10.0. The zero-order valence-electron chi connectivity index (χ0n) is 13.0. The van der Waals surface area contributed by atoms with Crippen LogP contribution >= 0.6 is 12.4 Å². The monoisotopic (exact) mass is 325 g/mol. The van der Waals surface area contributed by atoms with Crippen LogP contribution in [-0.4, -0.2) is 24.9 Å². The van der Waals surface area contributed by atoms with Crippen molar-refractivity contribution >= 4 is 29.9 Å². The van der Waals surface area contributed by atoms with Gasteiger partial charge in [-0.3, -0.25) is 9.59 Å². The maximum atomic E-state index is 12.4. The Bertz CT molecular complexity index is 548. The third kappa shape index (κ3) is 4.45. The molecule has 1 saturated carbocycles. The van der Waals surface area contributed by atoms with E-state index in [-0.39, 0.29) is 36.2 Å². The van der Waals surface area contributed by atoms with Gasteiger partial charge in [-0.1, -0.05) is 18.1 Å². The highest BCUT2D eigenvalue weighted by molar-refractivity contribution is 6.04. The number of carbonyl (C=O) groups is 2. The molecular formula is C16H24ClN3O2. The van der Waals surface area contributed by atoms with Crippen molar-refractivity contribution in [3.05, 3.63) is 29.3 Å². The molecule has 5 nitrogen and oxygen atoms in total. The summed E-state index contributed by atoms with van der Waals surface area (Å²) in [6.07, 6.45) is 3.54. The molecule has 122 valence electrons. The molecule has 0 radical (unpaired) electrons. The number of hydrogen-bond donors (Lipinski definition) is 3. The maximum Gasteiger partial charge on any atom is 0.253 e. The number of amides is 2. The first-order valence-electron chi connectivity index (χ1n) is 7.40. The highest BCUT2D eigenvalue weighted by Gasteiger charge is 2.26. The molecule has 1 aliphatic rings. The van der Waals surface area contributed by atoms with Crippen LogP contribution in [0.5, 0.6) is 0 Å². The van der Waals surface area contributed by atoms with Crippen LogP contribution in [0.25, 0.3) is 0 Å². The third-order valence-corrected chi connectivity index (χ3v) is 3.99. The predicted molar refractivity (Wildman–Crippen MR) is 90.4 cm³/mol. The number of aryl methyl sites for hydroxylation is 1. The molecule has 0 spiro atoms. The first-order valence-corrected chi connectivity index (χ1v) is 7.40. The molecule has 4 N–H and O–H groups in total. The Hall–Kier alpha value is -1.59. The Morgan fingerprint density at radius 2 is 2.00 bits per heavy atom. The molecule has 0 aliphatic heterocycles. The second-order valence-electron chi connectivity index (χ2n) is 5.74. The molecule has 2 unspecified atom stereocenters. The van der Waals surface area contributed by atoms with E-state index in [1.54, 1.807) is 19.2 Å². The lowest BCUT2D eigenvalue weighted by Crippen LogP contribution is -2.34. The minimum Gasteiger partial charge on any atom is -0.355 e. The van der Waals surface area contributed by atoms with Gasteiger partial charge in [-0.15, -0.1) is 12.4 Å². The van der Waals surface area contributed by atoms with Crippen molar-refractivity contribution in [2.24, 2.45) is 11.7 Å². The van der Waals surface area contributed by atoms with E-state index in [1.807, 2.05) is 13.0 Å². The van der Waals surface area contributed by atoms with Crippen LogP contribution in [0, 0.1) is 12.8 Å². The van der Waals surface area contributed by atoms with Crippen molar-refractivity contribution in [1.29, 1.82) is 0 Å². The zero-order valence-corrected chi connectivity index (χ0v) is 13.8. The summed E-state index contributed by atoms with van der Waals surface area (Å²) >= 11 is 0. The van der Waals surface area contributed by atoms with Crippen molar-refractivity contribution in [3.63, 3.8) is 0 Å². The molecule has 1 aromatic rings. The van der Waals surface area contributed by atoms with E-state index in [2.05, 4.69) is 10.6 Å². The molecule has 6 heteroatoms. The summed E-state index contributed by atoms with van der Waals surface area (Å²) in [5.41, 5.74) is 7.96. The number of anilines is 1. The second kappa shape index (κ2) is 8.15. The fraction of sp³-hybridized carbons (Fsp3) is 0.500. The van der Waals surface area contributed by atoms with Gasteiger partial charge in [-0.2, -0.15) is 0 Å². The van der Waals surface area contributed by atoms with Crippen LogP contribution in [-0.2, 0) is 4.79 Å². The van der Waals surface area contributed by atoms with Crippen LogP contribution in [0.1, 0.15) is 41.6 Å². The first kappa shape index (κ1) is 18.5. The number of benzene rings is 1. The van der Waals surface area contributed by atoms with Gasteiger partial charge in [0.1, 0.15) is 0 Å².